The molecule has 1 atom stereocenters. The predicted octanol–water partition coefficient (Wildman–Crippen LogP) is 9.22. The molecule has 4 aromatic carbocycles. The lowest BCUT2D eigenvalue weighted by atomic mass is 9.87. The number of hydrogen-bond acceptors (Lipinski definition) is 5. The van der Waals surface area contributed by atoms with Crippen molar-refractivity contribution in [3.8, 4) is 22.6 Å². The van der Waals surface area contributed by atoms with E-state index in [1.54, 1.807) is 0 Å². The van der Waals surface area contributed by atoms with Crippen molar-refractivity contribution in [2.75, 3.05) is 19.8 Å². The molecule has 9 heteroatoms. The third kappa shape index (κ3) is 10.9. The van der Waals surface area contributed by atoms with Crippen LogP contribution >= 0.6 is 23.2 Å². The van der Waals surface area contributed by atoms with Crippen LogP contribution < -0.4 is 20.1 Å². The number of ether oxygens (including phenoxy) is 3. The van der Waals surface area contributed by atoms with E-state index in [4.69, 9.17) is 37.4 Å². The summed E-state index contributed by atoms with van der Waals surface area (Å²) in [5.41, 5.74) is 6.86. The van der Waals surface area contributed by atoms with Crippen LogP contribution in [-0.2, 0) is 22.5 Å². The molecule has 0 radical (unpaired) electrons. The van der Waals surface area contributed by atoms with E-state index in [2.05, 4.69) is 41.8 Å². The molecule has 0 aromatic heterocycles. The zero-order valence-corrected chi connectivity index (χ0v) is 29.9. The maximum Gasteiger partial charge on any atom is 0.407 e. The van der Waals surface area contributed by atoms with Crippen molar-refractivity contribution < 1.29 is 23.8 Å². The second kappa shape index (κ2) is 16.8. The summed E-state index contributed by atoms with van der Waals surface area (Å²) in [6, 6.07) is 26.0. The molecule has 0 saturated carbocycles. The van der Waals surface area contributed by atoms with Crippen LogP contribution in [-0.4, -0.2) is 37.4 Å². The number of nitrogens with one attached hydrogen (secondary N) is 2. The van der Waals surface area contributed by atoms with Gasteiger partial charge in [0.2, 0.25) is 5.91 Å². The Morgan fingerprint density at radius 1 is 0.833 bits per heavy atom. The van der Waals surface area contributed by atoms with Gasteiger partial charge in [-0.2, -0.15) is 0 Å². The summed E-state index contributed by atoms with van der Waals surface area (Å²) in [6.45, 7) is 12.5. The van der Waals surface area contributed by atoms with Gasteiger partial charge in [-0.3, -0.25) is 4.79 Å². The summed E-state index contributed by atoms with van der Waals surface area (Å²) >= 11 is 12.6. The molecule has 48 heavy (non-hydrogen) atoms. The monoisotopic (exact) mass is 690 g/mol. The fraction of sp³-hybridized carbons (Fsp3) is 0.333. The molecule has 7 nitrogen and oxygen atoms in total. The summed E-state index contributed by atoms with van der Waals surface area (Å²) in [6.07, 6.45) is 0.232. The van der Waals surface area contributed by atoms with E-state index in [-0.39, 0.29) is 18.4 Å². The number of rotatable bonds is 13. The largest absolute Gasteiger partial charge is 0.490 e. The van der Waals surface area contributed by atoms with Gasteiger partial charge in [-0.1, -0.05) is 77.8 Å². The summed E-state index contributed by atoms with van der Waals surface area (Å²) in [5.74, 6) is 1.07. The second-order valence-electron chi connectivity index (χ2n) is 12.8. The van der Waals surface area contributed by atoms with Crippen LogP contribution in [0.1, 0.15) is 61.4 Å². The van der Waals surface area contributed by atoms with E-state index in [1.165, 1.54) is 6.92 Å². The number of aryl methyl sites for hydroxylation is 2. The molecule has 0 aliphatic carbocycles. The summed E-state index contributed by atoms with van der Waals surface area (Å²) in [4.78, 5) is 24.2. The van der Waals surface area contributed by atoms with E-state index < -0.39 is 11.7 Å². The highest BCUT2D eigenvalue weighted by atomic mass is 35.5. The third-order valence-corrected chi connectivity index (χ3v) is 8.17. The summed E-state index contributed by atoms with van der Waals surface area (Å²) in [5, 5.41) is 6.82. The first-order valence-electron chi connectivity index (χ1n) is 16.0. The highest BCUT2D eigenvalue weighted by molar-refractivity contribution is 6.37. The van der Waals surface area contributed by atoms with E-state index in [0.29, 0.717) is 47.7 Å². The molecule has 254 valence electrons. The van der Waals surface area contributed by atoms with Crippen molar-refractivity contribution in [1.29, 1.82) is 0 Å². The lowest BCUT2D eigenvalue weighted by molar-refractivity contribution is -0.119. The van der Waals surface area contributed by atoms with Crippen molar-refractivity contribution in [3.05, 3.63) is 117 Å². The molecule has 0 bridgehead atoms. The van der Waals surface area contributed by atoms with Gasteiger partial charge in [-0.25, -0.2) is 4.79 Å². The molecule has 1 unspecified atom stereocenters. The van der Waals surface area contributed by atoms with Crippen molar-refractivity contribution >= 4 is 35.2 Å². The predicted molar refractivity (Wildman–Crippen MR) is 193 cm³/mol. The van der Waals surface area contributed by atoms with E-state index in [9.17, 15) is 9.59 Å². The maximum absolute atomic E-state index is 12.6. The minimum atomic E-state index is -0.596. The fourth-order valence-electron chi connectivity index (χ4n) is 5.42. The Hall–Kier alpha value is -4.20. The Morgan fingerprint density at radius 2 is 1.50 bits per heavy atom. The lowest BCUT2D eigenvalue weighted by Gasteiger charge is -2.24. The molecule has 0 aliphatic rings. The number of carbonyl (C=O) groups excluding carboxylic acids is 2. The lowest BCUT2D eigenvalue weighted by Crippen LogP contribution is -2.35. The topological polar surface area (TPSA) is 85.9 Å². The summed E-state index contributed by atoms with van der Waals surface area (Å²) < 4.78 is 17.2. The number of alkyl carbamates (subject to hydrolysis) is 1. The Labute approximate surface area is 293 Å². The fourth-order valence-corrected chi connectivity index (χ4v) is 6.13. The normalized spacial score (nSPS) is 11.8. The van der Waals surface area contributed by atoms with Gasteiger partial charge >= 0.3 is 6.09 Å². The number of carbonyl (C=O) groups is 2. The van der Waals surface area contributed by atoms with Crippen LogP contribution in [0.3, 0.4) is 0 Å². The Balaban J connectivity index is 1.47. The third-order valence-electron chi connectivity index (χ3n) is 7.60. The average molecular weight is 692 g/mol. The van der Waals surface area contributed by atoms with Gasteiger partial charge in [0.1, 0.15) is 24.6 Å². The molecule has 4 rings (SSSR count). The van der Waals surface area contributed by atoms with Gasteiger partial charge in [-0.05, 0) is 104 Å². The molecule has 0 heterocycles. The van der Waals surface area contributed by atoms with Crippen LogP contribution in [0.2, 0.25) is 10.0 Å². The quantitative estimate of drug-likeness (QED) is 0.137. The molecule has 0 fully saturated rings. The number of amides is 2. The van der Waals surface area contributed by atoms with Gasteiger partial charge in [0.15, 0.2) is 5.75 Å². The van der Waals surface area contributed by atoms with Gasteiger partial charge < -0.3 is 24.8 Å². The molecule has 4 aromatic rings. The minimum absolute atomic E-state index is 0.0228. The maximum atomic E-state index is 12.6. The molecule has 0 aliphatic heterocycles. The second-order valence-corrected chi connectivity index (χ2v) is 13.6. The standard InChI is InChI=1S/C39H44Cl2N2O5/c1-25-19-35(40)37(36(41)20-25)47-18-17-46-32-14-11-28(12-15-32)22-31(24-43-38(45)48-39(4,5)6)33-16-13-29(21-26(33)2)34-10-8-7-9-30(34)23-42-27(3)44/h7-16,19-21,31H,17-18,22-24H2,1-6H3,(H,42,44)(H,43,45). The Morgan fingerprint density at radius 3 is 2.15 bits per heavy atom. The Bertz CT molecular complexity index is 1690. The van der Waals surface area contributed by atoms with Crippen LogP contribution in [0, 0.1) is 13.8 Å². The van der Waals surface area contributed by atoms with Crippen molar-refractivity contribution in [2.24, 2.45) is 0 Å². The van der Waals surface area contributed by atoms with Gasteiger partial charge in [0.25, 0.3) is 0 Å². The smallest absolute Gasteiger partial charge is 0.407 e. The van der Waals surface area contributed by atoms with Crippen molar-refractivity contribution in [1.82, 2.24) is 10.6 Å². The highest BCUT2D eigenvalue weighted by Gasteiger charge is 2.21. The van der Waals surface area contributed by atoms with E-state index in [1.807, 2.05) is 82.3 Å². The first kappa shape index (κ1) is 36.6. The zero-order chi connectivity index (χ0) is 34.8. The minimum Gasteiger partial charge on any atom is -0.490 e. The van der Waals surface area contributed by atoms with Crippen molar-refractivity contribution in [3.63, 3.8) is 0 Å². The molecule has 0 spiro atoms. The molecule has 2 N–H and O–H groups in total. The first-order valence-corrected chi connectivity index (χ1v) is 16.7. The van der Waals surface area contributed by atoms with Crippen LogP contribution in [0.25, 0.3) is 11.1 Å². The zero-order valence-electron chi connectivity index (χ0n) is 28.4. The van der Waals surface area contributed by atoms with Crippen LogP contribution in [0.4, 0.5) is 4.79 Å². The van der Waals surface area contributed by atoms with Crippen LogP contribution in [0.15, 0.2) is 78.9 Å². The first-order chi connectivity index (χ1) is 22.8. The SMILES string of the molecule is CC(=O)NCc1ccccc1-c1ccc(C(CNC(=O)OC(C)(C)C)Cc2ccc(OCCOc3c(Cl)cc(C)cc3Cl)cc2)c(C)c1. The molecule has 2 amide bonds. The number of halogens is 2. The van der Waals surface area contributed by atoms with E-state index in [0.717, 1.165) is 38.9 Å². The number of hydrogen-bond donors (Lipinski definition) is 2. The number of benzene rings is 4. The van der Waals surface area contributed by atoms with E-state index >= 15 is 0 Å². The highest BCUT2D eigenvalue weighted by Crippen LogP contribution is 2.34. The van der Waals surface area contributed by atoms with Gasteiger partial charge in [0, 0.05) is 25.9 Å². The molecular weight excluding hydrogens is 647 g/mol. The van der Waals surface area contributed by atoms with Gasteiger partial charge in [-0.15, -0.1) is 0 Å². The molecular formula is C39H44Cl2N2O5. The average Bonchev–Trinajstić information content (AvgIpc) is 3.01. The molecule has 0 saturated heterocycles. The van der Waals surface area contributed by atoms with Gasteiger partial charge in [0.05, 0.1) is 10.0 Å². The Kier molecular flexibility index (Phi) is 12.8. The summed E-state index contributed by atoms with van der Waals surface area (Å²) in [7, 11) is 0. The van der Waals surface area contributed by atoms with Crippen LogP contribution in [0.5, 0.6) is 11.5 Å². The van der Waals surface area contributed by atoms with Crippen molar-refractivity contribution in [2.45, 2.75) is 66.0 Å².